The van der Waals surface area contributed by atoms with Gasteiger partial charge in [-0.3, -0.25) is 0 Å². The topological polar surface area (TPSA) is 139 Å². The molecule has 3 aromatic carbocycles. The maximum atomic E-state index is 13.2. The number of aliphatic hydroxyl groups is 3. The predicted octanol–water partition coefficient (Wildman–Crippen LogP) is 3.01. The fourth-order valence-electron chi connectivity index (χ4n) is 5.06. The molecule has 4 aromatic rings. The maximum Gasteiger partial charge on any atom is 0.344 e. The standard InChI is InChI=1S/C27H26O9/c1-5-12-8-15-19(17(9-12)33-3)14-10-18(34-4)21-16(29)7-6-13(20(21)25(14)36-27(15)32)26-23(31)22(30)24(35-26)11(2)28/h5-11,22-24,26,28-31H,1H2,2-4H3/t11?,22-,23-,24+,26-/m0/s1. The van der Waals surface area contributed by atoms with Crippen LogP contribution in [0.4, 0.5) is 0 Å². The number of fused-ring (bicyclic) bond motifs is 5. The summed E-state index contributed by atoms with van der Waals surface area (Å²) >= 11 is 0. The zero-order valence-electron chi connectivity index (χ0n) is 19.9. The zero-order chi connectivity index (χ0) is 25.9. The van der Waals surface area contributed by atoms with Gasteiger partial charge in [0.1, 0.15) is 47.2 Å². The van der Waals surface area contributed by atoms with Gasteiger partial charge in [0.25, 0.3) is 0 Å². The second kappa shape index (κ2) is 8.79. The third-order valence-corrected chi connectivity index (χ3v) is 6.78. The second-order valence-electron chi connectivity index (χ2n) is 8.86. The number of hydrogen-bond donors (Lipinski definition) is 4. The lowest BCUT2D eigenvalue weighted by Gasteiger charge is -2.20. The van der Waals surface area contributed by atoms with E-state index in [1.54, 1.807) is 24.3 Å². The Labute approximate surface area is 205 Å². The van der Waals surface area contributed by atoms with E-state index >= 15 is 0 Å². The summed E-state index contributed by atoms with van der Waals surface area (Å²) < 4.78 is 22.9. The van der Waals surface area contributed by atoms with Gasteiger partial charge in [0.2, 0.25) is 0 Å². The van der Waals surface area contributed by atoms with Crippen LogP contribution in [-0.4, -0.2) is 59.1 Å². The molecule has 0 radical (unpaired) electrons. The van der Waals surface area contributed by atoms with Gasteiger partial charge in [-0.1, -0.05) is 18.7 Å². The van der Waals surface area contributed by atoms with Crippen LogP contribution >= 0.6 is 0 Å². The Hall–Kier alpha value is -3.63. The van der Waals surface area contributed by atoms with Crippen molar-refractivity contribution < 1.29 is 39.1 Å². The van der Waals surface area contributed by atoms with E-state index in [1.807, 2.05) is 0 Å². The van der Waals surface area contributed by atoms with Crippen LogP contribution in [0.5, 0.6) is 17.2 Å². The molecule has 1 fully saturated rings. The van der Waals surface area contributed by atoms with E-state index in [0.29, 0.717) is 27.6 Å². The van der Waals surface area contributed by atoms with Crippen molar-refractivity contribution in [3.05, 3.63) is 58.5 Å². The SMILES string of the molecule is C=Cc1cc(OC)c2c(c1)c(=O)oc1c2cc(OC)c2c(O)ccc([C@@H]3O[C@H](C(C)O)[C@@H](O)[C@@H]3O)c21. The number of phenols is 1. The number of aliphatic hydroxyl groups excluding tert-OH is 3. The van der Waals surface area contributed by atoms with E-state index in [4.69, 9.17) is 18.6 Å². The van der Waals surface area contributed by atoms with Gasteiger partial charge in [-0.15, -0.1) is 0 Å². The minimum Gasteiger partial charge on any atom is -0.507 e. The van der Waals surface area contributed by atoms with Crippen molar-refractivity contribution in [1.29, 1.82) is 0 Å². The van der Waals surface area contributed by atoms with Crippen LogP contribution in [0.1, 0.15) is 24.2 Å². The largest absolute Gasteiger partial charge is 0.507 e. The van der Waals surface area contributed by atoms with Gasteiger partial charge in [-0.2, -0.15) is 0 Å². The van der Waals surface area contributed by atoms with Crippen LogP contribution in [-0.2, 0) is 4.74 Å². The highest BCUT2D eigenvalue weighted by Crippen LogP contribution is 2.47. The van der Waals surface area contributed by atoms with Crippen LogP contribution in [0.15, 0.2) is 46.1 Å². The van der Waals surface area contributed by atoms with Crippen molar-refractivity contribution in [2.45, 2.75) is 37.4 Å². The van der Waals surface area contributed by atoms with Gasteiger partial charge in [0, 0.05) is 16.2 Å². The van der Waals surface area contributed by atoms with Gasteiger partial charge in [0.05, 0.1) is 31.1 Å². The first-order valence-electron chi connectivity index (χ1n) is 11.3. The minimum atomic E-state index is -1.39. The first kappa shape index (κ1) is 24.1. The van der Waals surface area contributed by atoms with E-state index in [2.05, 4.69) is 6.58 Å². The number of rotatable bonds is 5. The smallest absolute Gasteiger partial charge is 0.344 e. The molecule has 1 aliphatic rings. The van der Waals surface area contributed by atoms with Crippen LogP contribution in [0.2, 0.25) is 0 Å². The maximum absolute atomic E-state index is 13.2. The molecule has 9 heteroatoms. The summed E-state index contributed by atoms with van der Waals surface area (Å²) in [6.45, 7) is 5.21. The number of hydrogen-bond acceptors (Lipinski definition) is 9. The lowest BCUT2D eigenvalue weighted by Crippen LogP contribution is -2.36. The van der Waals surface area contributed by atoms with E-state index in [1.165, 1.54) is 33.3 Å². The summed E-state index contributed by atoms with van der Waals surface area (Å²) in [7, 11) is 2.92. The summed E-state index contributed by atoms with van der Waals surface area (Å²) in [5.74, 6) is 0.538. The monoisotopic (exact) mass is 494 g/mol. The van der Waals surface area contributed by atoms with Crippen molar-refractivity contribution in [1.82, 2.24) is 0 Å². The molecule has 1 saturated heterocycles. The summed E-state index contributed by atoms with van der Waals surface area (Å²) in [6.07, 6.45) is -4.36. The van der Waals surface area contributed by atoms with Gasteiger partial charge in [-0.25, -0.2) is 4.79 Å². The fourth-order valence-corrected chi connectivity index (χ4v) is 5.06. The van der Waals surface area contributed by atoms with Crippen molar-refractivity contribution in [3.8, 4) is 17.2 Å². The fraction of sp³-hybridized carbons (Fsp3) is 0.296. The van der Waals surface area contributed by atoms with E-state index < -0.39 is 36.1 Å². The molecule has 2 heterocycles. The van der Waals surface area contributed by atoms with Crippen molar-refractivity contribution >= 4 is 38.6 Å². The van der Waals surface area contributed by atoms with E-state index in [0.717, 1.165) is 0 Å². The molecule has 0 aliphatic carbocycles. The quantitative estimate of drug-likeness (QED) is 0.244. The van der Waals surface area contributed by atoms with E-state index in [9.17, 15) is 25.2 Å². The molecule has 0 spiro atoms. The lowest BCUT2D eigenvalue weighted by atomic mass is 9.92. The Morgan fingerprint density at radius 3 is 2.31 bits per heavy atom. The van der Waals surface area contributed by atoms with Gasteiger partial charge in [-0.05, 0) is 42.3 Å². The first-order chi connectivity index (χ1) is 17.2. The average Bonchev–Trinajstić information content (AvgIpc) is 3.17. The highest BCUT2D eigenvalue weighted by atomic mass is 16.6. The van der Waals surface area contributed by atoms with Crippen molar-refractivity contribution in [2.75, 3.05) is 14.2 Å². The Bertz CT molecular complexity index is 1570. The molecule has 0 bridgehead atoms. The Balaban J connectivity index is 1.95. The third kappa shape index (κ3) is 3.43. The Morgan fingerprint density at radius 2 is 1.69 bits per heavy atom. The minimum absolute atomic E-state index is 0.115. The van der Waals surface area contributed by atoms with E-state index in [-0.39, 0.29) is 33.2 Å². The molecular formula is C27H26O9. The van der Waals surface area contributed by atoms with Gasteiger partial charge < -0.3 is 39.1 Å². The molecular weight excluding hydrogens is 468 g/mol. The molecule has 4 N–H and O–H groups in total. The average molecular weight is 494 g/mol. The number of benzene rings is 3. The number of methoxy groups -OCH3 is 2. The molecule has 1 unspecified atom stereocenters. The van der Waals surface area contributed by atoms with Crippen molar-refractivity contribution in [3.63, 3.8) is 0 Å². The molecule has 188 valence electrons. The Morgan fingerprint density at radius 1 is 1.00 bits per heavy atom. The summed E-state index contributed by atoms with van der Waals surface area (Å²) in [5, 5.41) is 43.8. The summed E-state index contributed by atoms with van der Waals surface area (Å²) in [5.41, 5.74) is 0.475. The normalized spacial score (nSPS) is 22.8. The molecule has 1 aliphatic heterocycles. The number of ether oxygens (including phenoxy) is 3. The summed E-state index contributed by atoms with van der Waals surface area (Å²) in [4.78, 5) is 13.2. The highest BCUT2D eigenvalue weighted by Gasteiger charge is 2.46. The summed E-state index contributed by atoms with van der Waals surface area (Å²) in [6, 6.07) is 7.94. The third-order valence-electron chi connectivity index (χ3n) is 6.78. The zero-order valence-corrected chi connectivity index (χ0v) is 19.9. The predicted molar refractivity (Wildman–Crippen MR) is 134 cm³/mol. The molecule has 36 heavy (non-hydrogen) atoms. The highest BCUT2D eigenvalue weighted by molar-refractivity contribution is 6.19. The Kier molecular flexibility index (Phi) is 5.88. The van der Waals surface area contributed by atoms with Crippen LogP contribution < -0.4 is 15.1 Å². The molecule has 9 nitrogen and oxygen atoms in total. The lowest BCUT2D eigenvalue weighted by molar-refractivity contribution is -0.0586. The van der Waals surface area contributed by atoms with Crippen molar-refractivity contribution in [2.24, 2.45) is 0 Å². The first-order valence-corrected chi connectivity index (χ1v) is 11.3. The molecule has 0 amide bonds. The molecule has 1 aromatic heterocycles. The second-order valence-corrected chi connectivity index (χ2v) is 8.86. The van der Waals surface area contributed by atoms with Crippen LogP contribution in [0, 0.1) is 0 Å². The van der Waals surface area contributed by atoms with Gasteiger partial charge in [0.15, 0.2) is 0 Å². The van der Waals surface area contributed by atoms with Crippen LogP contribution in [0.3, 0.4) is 0 Å². The number of aromatic hydroxyl groups is 1. The molecule has 5 atom stereocenters. The molecule has 0 saturated carbocycles. The molecule has 5 rings (SSSR count). The van der Waals surface area contributed by atoms with Gasteiger partial charge >= 0.3 is 5.63 Å². The number of phenolic OH excluding ortho intramolecular Hbond substituents is 1. The van der Waals surface area contributed by atoms with Crippen LogP contribution in [0.25, 0.3) is 38.6 Å².